The van der Waals surface area contributed by atoms with Crippen LogP contribution in [0.25, 0.3) is 0 Å². The van der Waals surface area contributed by atoms with Gasteiger partial charge in [-0.05, 0) is 38.5 Å². The third kappa shape index (κ3) is 3.23. The van der Waals surface area contributed by atoms with E-state index in [2.05, 4.69) is 20.8 Å². The van der Waals surface area contributed by atoms with Crippen LogP contribution in [-0.4, -0.2) is 18.4 Å². The molecule has 0 spiro atoms. The molecule has 0 radical (unpaired) electrons. The Morgan fingerprint density at radius 2 is 1.90 bits per heavy atom. The highest BCUT2D eigenvalue weighted by Gasteiger charge is 2.20. The molecule has 6 nitrogen and oxygen atoms in total. The molecule has 0 saturated heterocycles. The van der Waals surface area contributed by atoms with Gasteiger partial charge in [0, 0.05) is 5.69 Å². The standard InChI is InChI=1S/C14H16N4O2S/c1-10-16-8-13(17-10)21(19,20)18-12-6-4-11(5-7-12)14(2,3)9-15/h4-8,18H,1-3H3,(H,16,17). The molecule has 0 aliphatic rings. The Hall–Kier alpha value is -2.33. The van der Waals surface area contributed by atoms with Gasteiger partial charge in [0.25, 0.3) is 10.0 Å². The molecule has 7 heteroatoms. The number of aromatic amines is 1. The second-order valence-corrected chi connectivity index (χ2v) is 6.90. The minimum absolute atomic E-state index is 0.0152. The van der Waals surface area contributed by atoms with Crippen molar-refractivity contribution in [2.45, 2.75) is 31.2 Å². The van der Waals surface area contributed by atoms with Gasteiger partial charge in [-0.3, -0.25) is 4.72 Å². The van der Waals surface area contributed by atoms with Crippen LogP contribution < -0.4 is 4.72 Å². The van der Waals surface area contributed by atoms with E-state index < -0.39 is 15.4 Å². The quantitative estimate of drug-likeness (QED) is 0.905. The van der Waals surface area contributed by atoms with Crippen molar-refractivity contribution in [2.75, 3.05) is 4.72 Å². The van der Waals surface area contributed by atoms with Gasteiger partial charge in [0.15, 0.2) is 5.03 Å². The summed E-state index contributed by atoms with van der Waals surface area (Å²) >= 11 is 0. The first-order chi connectivity index (χ1) is 9.74. The second kappa shape index (κ2) is 5.22. The fraction of sp³-hybridized carbons (Fsp3) is 0.286. The topological polar surface area (TPSA) is 98.6 Å². The Labute approximate surface area is 123 Å². The van der Waals surface area contributed by atoms with Gasteiger partial charge in [0.1, 0.15) is 5.82 Å². The monoisotopic (exact) mass is 304 g/mol. The molecule has 0 saturated carbocycles. The molecule has 21 heavy (non-hydrogen) atoms. The molecule has 2 rings (SSSR count). The lowest BCUT2D eigenvalue weighted by Crippen LogP contribution is -2.15. The van der Waals surface area contributed by atoms with Crippen LogP contribution in [0.4, 0.5) is 5.69 Å². The van der Waals surface area contributed by atoms with E-state index in [0.29, 0.717) is 11.5 Å². The summed E-state index contributed by atoms with van der Waals surface area (Å²) in [6.07, 6.45) is 1.27. The molecule has 2 aromatic rings. The van der Waals surface area contributed by atoms with Gasteiger partial charge in [-0.1, -0.05) is 12.1 Å². The van der Waals surface area contributed by atoms with Crippen molar-refractivity contribution in [2.24, 2.45) is 0 Å². The van der Waals surface area contributed by atoms with E-state index in [-0.39, 0.29) is 5.03 Å². The zero-order valence-corrected chi connectivity index (χ0v) is 12.8. The summed E-state index contributed by atoms with van der Waals surface area (Å²) in [6, 6.07) is 8.94. The number of sulfonamides is 1. The summed E-state index contributed by atoms with van der Waals surface area (Å²) in [6.45, 7) is 5.29. The molecule has 2 N–H and O–H groups in total. The lowest BCUT2D eigenvalue weighted by Gasteiger charge is -2.16. The van der Waals surface area contributed by atoms with Crippen LogP contribution in [0.3, 0.4) is 0 Å². The lowest BCUT2D eigenvalue weighted by atomic mass is 9.86. The van der Waals surface area contributed by atoms with Crippen LogP contribution in [0.1, 0.15) is 25.2 Å². The Morgan fingerprint density at radius 1 is 1.29 bits per heavy atom. The molecule has 0 aliphatic carbocycles. The number of nitriles is 1. The maximum atomic E-state index is 12.1. The number of nitrogens with one attached hydrogen (secondary N) is 2. The maximum Gasteiger partial charge on any atom is 0.278 e. The van der Waals surface area contributed by atoms with E-state index in [1.807, 2.05) is 0 Å². The van der Waals surface area contributed by atoms with Crippen LogP contribution in [0, 0.1) is 18.3 Å². The number of hydrogen-bond acceptors (Lipinski definition) is 4. The zero-order valence-electron chi connectivity index (χ0n) is 12.0. The van der Waals surface area contributed by atoms with E-state index in [9.17, 15) is 8.42 Å². The maximum absolute atomic E-state index is 12.1. The van der Waals surface area contributed by atoms with Gasteiger partial charge >= 0.3 is 0 Å². The van der Waals surface area contributed by atoms with E-state index in [1.165, 1.54) is 6.20 Å². The van der Waals surface area contributed by atoms with Crippen molar-refractivity contribution in [3.8, 4) is 6.07 Å². The number of imidazole rings is 1. The molecule has 0 atom stereocenters. The summed E-state index contributed by atoms with van der Waals surface area (Å²) in [5.41, 5.74) is 0.641. The number of aryl methyl sites for hydroxylation is 1. The normalized spacial score (nSPS) is 11.9. The van der Waals surface area contributed by atoms with Crippen LogP contribution in [0.15, 0.2) is 35.5 Å². The highest BCUT2D eigenvalue weighted by Crippen LogP contribution is 2.24. The summed E-state index contributed by atoms with van der Waals surface area (Å²) < 4.78 is 26.7. The highest BCUT2D eigenvalue weighted by molar-refractivity contribution is 7.92. The van der Waals surface area contributed by atoms with Crippen LogP contribution >= 0.6 is 0 Å². The smallest absolute Gasteiger partial charge is 0.278 e. The minimum Gasteiger partial charge on any atom is -0.332 e. The van der Waals surface area contributed by atoms with Crippen molar-refractivity contribution in [3.05, 3.63) is 41.9 Å². The Bertz CT molecular complexity index is 783. The van der Waals surface area contributed by atoms with Gasteiger partial charge in [0.05, 0.1) is 17.7 Å². The Kier molecular flexibility index (Phi) is 3.75. The molecule has 0 aliphatic heterocycles. The number of rotatable bonds is 4. The van der Waals surface area contributed by atoms with Gasteiger partial charge in [-0.25, -0.2) is 4.98 Å². The van der Waals surface area contributed by atoms with Crippen molar-refractivity contribution >= 4 is 15.7 Å². The number of aromatic nitrogens is 2. The van der Waals surface area contributed by atoms with Crippen molar-refractivity contribution in [1.29, 1.82) is 5.26 Å². The number of benzene rings is 1. The average Bonchev–Trinajstić information content (AvgIpc) is 2.86. The first kappa shape index (κ1) is 15.1. The molecule has 1 aromatic heterocycles. The number of hydrogen-bond donors (Lipinski definition) is 2. The van der Waals surface area contributed by atoms with Crippen LogP contribution in [0.2, 0.25) is 0 Å². The van der Waals surface area contributed by atoms with Crippen LogP contribution in [0.5, 0.6) is 0 Å². The third-order valence-electron chi connectivity index (χ3n) is 3.11. The number of anilines is 1. The molecular weight excluding hydrogens is 288 g/mol. The van der Waals surface area contributed by atoms with E-state index in [4.69, 9.17) is 5.26 Å². The Balaban J connectivity index is 2.23. The molecule has 1 aromatic carbocycles. The molecule has 0 fully saturated rings. The summed E-state index contributed by atoms with van der Waals surface area (Å²) in [7, 11) is -3.68. The molecule has 1 heterocycles. The SMILES string of the molecule is Cc1ncc(S(=O)(=O)Nc2ccc(C(C)(C)C#N)cc2)[nH]1. The molecule has 0 bridgehead atoms. The largest absolute Gasteiger partial charge is 0.332 e. The highest BCUT2D eigenvalue weighted by atomic mass is 32.2. The lowest BCUT2D eigenvalue weighted by molar-refractivity contribution is 0.598. The molecule has 0 unspecified atom stereocenters. The van der Waals surface area contributed by atoms with E-state index >= 15 is 0 Å². The van der Waals surface area contributed by atoms with Crippen molar-refractivity contribution < 1.29 is 8.42 Å². The summed E-state index contributed by atoms with van der Waals surface area (Å²) in [4.78, 5) is 6.55. The van der Waals surface area contributed by atoms with Gasteiger partial charge in [0.2, 0.25) is 0 Å². The average molecular weight is 304 g/mol. The van der Waals surface area contributed by atoms with E-state index in [0.717, 1.165) is 5.56 Å². The Morgan fingerprint density at radius 3 is 2.38 bits per heavy atom. The van der Waals surface area contributed by atoms with Crippen molar-refractivity contribution in [1.82, 2.24) is 9.97 Å². The van der Waals surface area contributed by atoms with Gasteiger partial charge < -0.3 is 4.98 Å². The summed E-state index contributed by atoms with van der Waals surface area (Å²) in [5, 5.41) is 9.10. The van der Waals surface area contributed by atoms with Crippen LogP contribution in [-0.2, 0) is 15.4 Å². The molecular formula is C14H16N4O2S. The molecule has 0 amide bonds. The summed E-state index contributed by atoms with van der Waals surface area (Å²) in [5.74, 6) is 0.529. The first-order valence-electron chi connectivity index (χ1n) is 6.31. The predicted octanol–water partition coefficient (Wildman–Crippen LogP) is 2.32. The third-order valence-corrected chi connectivity index (χ3v) is 4.40. The number of H-pyrrole nitrogens is 1. The van der Waals surface area contributed by atoms with Gasteiger partial charge in [-0.15, -0.1) is 0 Å². The van der Waals surface area contributed by atoms with Gasteiger partial charge in [-0.2, -0.15) is 13.7 Å². The fourth-order valence-corrected chi connectivity index (χ4v) is 2.79. The second-order valence-electron chi connectivity index (χ2n) is 5.25. The fourth-order valence-electron chi connectivity index (χ4n) is 1.76. The predicted molar refractivity (Wildman–Crippen MR) is 79.2 cm³/mol. The van der Waals surface area contributed by atoms with Crippen molar-refractivity contribution in [3.63, 3.8) is 0 Å². The molecule has 110 valence electrons. The minimum atomic E-state index is -3.68. The number of nitrogens with zero attached hydrogens (tertiary/aromatic N) is 2. The van der Waals surface area contributed by atoms with E-state index in [1.54, 1.807) is 45.0 Å². The zero-order chi connectivity index (χ0) is 15.7. The first-order valence-corrected chi connectivity index (χ1v) is 7.79.